The maximum Gasteiger partial charge on any atom is 0.279 e. The number of carbonyl (C=O) groups excluding carboxylic acids is 2. The highest BCUT2D eigenvalue weighted by molar-refractivity contribution is 5.98. The summed E-state index contributed by atoms with van der Waals surface area (Å²) < 4.78 is 16.0. The lowest BCUT2D eigenvalue weighted by Gasteiger charge is -2.17. The van der Waals surface area contributed by atoms with Crippen molar-refractivity contribution in [2.24, 2.45) is 0 Å². The summed E-state index contributed by atoms with van der Waals surface area (Å²) in [5, 5.41) is 0. The number of hydrogen-bond donors (Lipinski definition) is 2. The van der Waals surface area contributed by atoms with Gasteiger partial charge in [-0.25, -0.2) is 0 Å². The fourth-order valence-electron chi connectivity index (χ4n) is 2.37. The van der Waals surface area contributed by atoms with Crippen molar-refractivity contribution >= 4 is 11.8 Å². The zero-order valence-electron chi connectivity index (χ0n) is 16.1. The Morgan fingerprint density at radius 2 is 1.70 bits per heavy atom. The third-order valence-corrected chi connectivity index (χ3v) is 4.18. The minimum atomic E-state index is -0.794. The van der Waals surface area contributed by atoms with Crippen molar-refractivity contribution in [3.8, 4) is 17.2 Å². The normalized spacial score (nSPS) is 11.3. The van der Waals surface area contributed by atoms with Gasteiger partial charge in [-0.2, -0.15) is 0 Å². The number of hydrazine groups is 1. The topological polar surface area (TPSA) is 85.9 Å². The van der Waals surface area contributed by atoms with Crippen LogP contribution < -0.4 is 25.1 Å². The van der Waals surface area contributed by atoms with Crippen molar-refractivity contribution in [2.45, 2.75) is 26.9 Å². The van der Waals surface area contributed by atoms with E-state index in [1.165, 1.54) is 20.3 Å². The number of ether oxygens (including phenoxy) is 3. The van der Waals surface area contributed by atoms with E-state index in [-0.39, 0.29) is 5.56 Å². The molecular formula is C20H24N2O5. The number of aryl methyl sites for hydroxylation is 1. The van der Waals surface area contributed by atoms with Crippen LogP contribution in [0.25, 0.3) is 0 Å². The molecule has 2 aromatic rings. The number of hydrogen-bond acceptors (Lipinski definition) is 5. The summed E-state index contributed by atoms with van der Waals surface area (Å²) in [7, 11) is 2.95. The Hall–Kier alpha value is -3.22. The van der Waals surface area contributed by atoms with Crippen LogP contribution in [0.5, 0.6) is 17.2 Å². The highest BCUT2D eigenvalue weighted by Crippen LogP contribution is 2.24. The molecule has 0 aliphatic heterocycles. The van der Waals surface area contributed by atoms with E-state index in [1.807, 2.05) is 26.0 Å². The molecule has 27 heavy (non-hydrogen) atoms. The molecule has 1 atom stereocenters. The van der Waals surface area contributed by atoms with Crippen LogP contribution in [0.3, 0.4) is 0 Å². The lowest BCUT2D eigenvalue weighted by atomic mass is 10.1. The molecule has 2 N–H and O–H groups in total. The zero-order chi connectivity index (χ0) is 20.0. The second-order valence-electron chi connectivity index (χ2n) is 5.97. The first-order valence-electron chi connectivity index (χ1n) is 8.42. The Balaban J connectivity index is 2.00. The molecule has 7 nitrogen and oxygen atoms in total. The van der Waals surface area contributed by atoms with Crippen molar-refractivity contribution in [1.82, 2.24) is 10.9 Å². The van der Waals surface area contributed by atoms with Crippen molar-refractivity contribution in [1.29, 1.82) is 0 Å². The molecule has 0 aliphatic carbocycles. The number of carbonyl (C=O) groups is 2. The maximum absolute atomic E-state index is 12.4. The van der Waals surface area contributed by atoms with Gasteiger partial charge in [-0.3, -0.25) is 20.4 Å². The van der Waals surface area contributed by atoms with Crippen LogP contribution in [0, 0.1) is 13.8 Å². The van der Waals surface area contributed by atoms with E-state index in [0.29, 0.717) is 17.2 Å². The molecule has 0 saturated heterocycles. The highest BCUT2D eigenvalue weighted by Gasteiger charge is 2.19. The first-order chi connectivity index (χ1) is 12.9. The molecule has 0 fully saturated rings. The number of nitrogens with one attached hydrogen (secondary N) is 2. The standard InChI is InChI=1S/C20H24N2O5/c1-12-7-6-8-17(13(12)2)27-14(3)19(23)21-22-20(24)16-11-15(25-4)9-10-18(16)26-5/h6-11,14H,1-5H3,(H,21,23)(H,22,24). The highest BCUT2D eigenvalue weighted by atomic mass is 16.5. The van der Waals surface area contributed by atoms with E-state index in [4.69, 9.17) is 14.2 Å². The summed E-state index contributed by atoms with van der Waals surface area (Å²) in [5.41, 5.74) is 6.99. The average Bonchev–Trinajstić information content (AvgIpc) is 2.68. The minimum absolute atomic E-state index is 0.236. The van der Waals surface area contributed by atoms with Crippen LogP contribution in [-0.4, -0.2) is 32.1 Å². The van der Waals surface area contributed by atoms with E-state index in [9.17, 15) is 9.59 Å². The van der Waals surface area contributed by atoms with Crippen LogP contribution >= 0.6 is 0 Å². The first kappa shape index (κ1) is 20.1. The van der Waals surface area contributed by atoms with E-state index in [0.717, 1.165) is 11.1 Å². The summed E-state index contributed by atoms with van der Waals surface area (Å²) in [6, 6.07) is 10.4. The average molecular weight is 372 g/mol. The van der Waals surface area contributed by atoms with Crippen molar-refractivity contribution in [3.05, 3.63) is 53.1 Å². The smallest absolute Gasteiger partial charge is 0.279 e. The maximum atomic E-state index is 12.4. The molecule has 2 aromatic carbocycles. The second kappa shape index (κ2) is 8.93. The number of methoxy groups -OCH3 is 2. The predicted octanol–water partition coefficient (Wildman–Crippen LogP) is 2.55. The second-order valence-corrected chi connectivity index (χ2v) is 5.97. The lowest BCUT2D eigenvalue weighted by molar-refractivity contribution is -0.128. The number of amides is 2. The Morgan fingerprint density at radius 1 is 0.963 bits per heavy atom. The van der Waals surface area contributed by atoms with Gasteiger partial charge in [0, 0.05) is 0 Å². The summed E-state index contributed by atoms with van der Waals surface area (Å²) in [4.78, 5) is 24.6. The summed E-state index contributed by atoms with van der Waals surface area (Å²) in [6.45, 7) is 5.50. The van der Waals surface area contributed by atoms with Crippen LogP contribution in [0.1, 0.15) is 28.4 Å². The van der Waals surface area contributed by atoms with Gasteiger partial charge >= 0.3 is 0 Å². The monoisotopic (exact) mass is 372 g/mol. The van der Waals surface area contributed by atoms with Gasteiger partial charge < -0.3 is 14.2 Å². The molecule has 0 spiro atoms. The number of benzene rings is 2. The van der Waals surface area contributed by atoms with Gasteiger partial charge in [0.05, 0.1) is 19.8 Å². The molecular weight excluding hydrogens is 348 g/mol. The van der Waals surface area contributed by atoms with Gasteiger partial charge in [-0.05, 0) is 56.2 Å². The van der Waals surface area contributed by atoms with E-state index < -0.39 is 17.9 Å². The molecule has 0 saturated carbocycles. The van der Waals surface area contributed by atoms with E-state index in [1.54, 1.807) is 25.1 Å². The molecule has 0 aliphatic rings. The van der Waals surface area contributed by atoms with Gasteiger partial charge in [-0.15, -0.1) is 0 Å². The predicted molar refractivity (Wildman–Crippen MR) is 101 cm³/mol. The fraction of sp³-hybridized carbons (Fsp3) is 0.300. The van der Waals surface area contributed by atoms with Crippen LogP contribution in [0.4, 0.5) is 0 Å². The summed E-state index contributed by atoms with van der Waals surface area (Å²) >= 11 is 0. The van der Waals surface area contributed by atoms with Gasteiger partial charge in [0.1, 0.15) is 17.2 Å². The van der Waals surface area contributed by atoms with Crippen LogP contribution in [0.15, 0.2) is 36.4 Å². The molecule has 2 amide bonds. The largest absolute Gasteiger partial charge is 0.497 e. The minimum Gasteiger partial charge on any atom is -0.497 e. The third-order valence-electron chi connectivity index (χ3n) is 4.18. The summed E-state index contributed by atoms with van der Waals surface area (Å²) in [5.74, 6) is 0.476. The zero-order valence-corrected chi connectivity index (χ0v) is 16.1. The van der Waals surface area contributed by atoms with Gasteiger partial charge in [0.2, 0.25) is 0 Å². The van der Waals surface area contributed by atoms with Gasteiger partial charge in [0.25, 0.3) is 11.8 Å². The van der Waals surface area contributed by atoms with Crippen molar-refractivity contribution in [2.75, 3.05) is 14.2 Å². The van der Waals surface area contributed by atoms with E-state index >= 15 is 0 Å². The quantitative estimate of drug-likeness (QED) is 0.761. The summed E-state index contributed by atoms with van der Waals surface area (Å²) in [6.07, 6.45) is -0.794. The third kappa shape index (κ3) is 4.91. The molecule has 2 rings (SSSR count). The molecule has 0 aromatic heterocycles. The van der Waals surface area contributed by atoms with Gasteiger partial charge in [-0.1, -0.05) is 12.1 Å². The van der Waals surface area contributed by atoms with Crippen molar-refractivity contribution < 1.29 is 23.8 Å². The van der Waals surface area contributed by atoms with Crippen molar-refractivity contribution in [3.63, 3.8) is 0 Å². The number of rotatable bonds is 6. The lowest BCUT2D eigenvalue weighted by Crippen LogP contribution is -2.47. The first-order valence-corrected chi connectivity index (χ1v) is 8.42. The Labute approximate surface area is 158 Å². The molecule has 7 heteroatoms. The SMILES string of the molecule is COc1ccc(OC)c(C(=O)NNC(=O)C(C)Oc2cccc(C)c2C)c1. The van der Waals surface area contributed by atoms with Gasteiger partial charge in [0.15, 0.2) is 6.10 Å². The molecule has 0 heterocycles. The molecule has 144 valence electrons. The molecule has 0 bridgehead atoms. The van der Waals surface area contributed by atoms with E-state index in [2.05, 4.69) is 10.9 Å². The van der Waals surface area contributed by atoms with Crippen LogP contribution in [0.2, 0.25) is 0 Å². The Morgan fingerprint density at radius 3 is 2.37 bits per heavy atom. The van der Waals surface area contributed by atoms with Crippen LogP contribution in [-0.2, 0) is 4.79 Å². The Bertz CT molecular complexity index is 835. The fourth-order valence-corrected chi connectivity index (χ4v) is 2.37. The Kier molecular flexibility index (Phi) is 6.65. The molecule has 1 unspecified atom stereocenters. The molecule has 0 radical (unpaired) electrons.